The molecular weight excluding hydrogens is 266 g/mol. The van der Waals surface area contributed by atoms with Crippen molar-refractivity contribution in [3.63, 3.8) is 0 Å². The molecule has 0 spiro atoms. The number of hydrogen-bond acceptors (Lipinski definition) is 2. The Morgan fingerprint density at radius 2 is 1.56 bits per heavy atom. The highest BCUT2D eigenvalue weighted by atomic mass is 19.4. The van der Waals surface area contributed by atoms with E-state index in [2.05, 4.69) is 4.74 Å². The molecule has 5 unspecified atom stereocenters. The van der Waals surface area contributed by atoms with Crippen molar-refractivity contribution in [2.24, 2.45) is 17.8 Å². The van der Waals surface area contributed by atoms with Gasteiger partial charge in [0.1, 0.15) is 0 Å². The molecule has 104 valence electrons. The van der Waals surface area contributed by atoms with Gasteiger partial charge in [-0.25, -0.2) is 0 Å². The molecule has 2 nitrogen and oxygen atoms in total. The van der Waals surface area contributed by atoms with E-state index < -0.39 is 47.9 Å². The highest BCUT2D eigenvalue weighted by Crippen LogP contribution is 2.67. The number of halogens is 6. The van der Waals surface area contributed by atoms with E-state index in [0.717, 1.165) is 0 Å². The molecule has 2 aliphatic carbocycles. The minimum atomic E-state index is -5.57. The smallest absolute Gasteiger partial charge is 0.392 e. The lowest BCUT2D eigenvalue weighted by Gasteiger charge is -2.38. The summed E-state index contributed by atoms with van der Waals surface area (Å²) in [5.74, 6) is -3.26. The first kappa shape index (κ1) is 12.5. The van der Waals surface area contributed by atoms with Crippen LogP contribution in [0.1, 0.15) is 12.8 Å². The van der Waals surface area contributed by atoms with Gasteiger partial charge in [0.15, 0.2) is 0 Å². The largest absolute Gasteiger partial charge is 0.426 e. The van der Waals surface area contributed by atoms with Crippen molar-refractivity contribution >= 4 is 0 Å². The van der Waals surface area contributed by atoms with Gasteiger partial charge in [-0.3, -0.25) is 0 Å². The van der Waals surface area contributed by atoms with E-state index in [9.17, 15) is 31.4 Å². The minimum absolute atomic E-state index is 0.0796. The van der Waals surface area contributed by atoms with E-state index >= 15 is 0 Å². The number of rotatable bonds is 0. The van der Waals surface area contributed by atoms with E-state index in [0.29, 0.717) is 0 Å². The summed E-state index contributed by atoms with van der Waals surface area (Å²) in [7, 11) is 0. The van der Waals surface area contributed by atoms with Crippen LogP contribution >= 0.6 is 0 Å². The van der Waals surface area contributed by atoms with Gasteiger partial charge in [0.2, 0.25) is 0 Å². The summed E-state index contributed by atoms with van der Waals surface area (Å²) in [6.45, 7) is 0. The van der Waals surface area contributed by atoms with Crippen molar-refractivity contribution in [1.82, 2.24) is 0 Å². The van der Waals surface area contributed by atoms with Crippen LogP contribution in [0.2, 0.25) is 0 Å². The Morgan fingerprint density at radius 3 is 2.00 bits per heavy atom. The molecule has 0 amide bonds. The number of fused-ring (bicyclic) bond motifs is 1. The summed E-state index contributed by atoms with van der Waals surface area (Å²) in [5, 5.41) is 9.69. The van der Waals surface area contributed by atoms with Crippen molar-refractivity contribution in [3.8, 4) is 0 Å². The van der Waals surface area contributed by atoms with Crippen molar-refractivity contribution in [3.05, 3.63) is 0 Å². The number of aliphatic hydroxyl groups is 1. The van der Waals surface area contributed by atoms with Crippen molar-refractivity contribution in [1.29, 1.82) is 0 Å². The lowest BCUT2D eigenvalue weighted by Crippen LogP contribution is -2.62. The third kappa shape index (κ3) is 1.18. The Labute approximate surface area is 97.9 Å². The number of alkyl halides is 6. The summed E-state index contributed by atoms with van der Waals surface area (Å²) in [6, 6.07) is 0. The Hall–Kier alpha value is -0.500. The standard InChI is InChI=1S/C10H10F6O2/c11-9(12,13)8(10(14,15)16)6-4-1-3(7(6)17)2-5(4)18-8/h3-7,17H,1-2H2. The molecular formula is C10H10F6O2. The van der Waals surface area contributed by atoms with Crippen LogP contribution in [0.3, 0.4) is 0 Å². The second kappa shape index (κ2) is 3.15. The van der Waals surface area contributed by atoms with Gasteiger partial charge >= 0.3 is 12.4 Å². The maximum Gasteiger partial charge on any atom is 0.426 e. The average Bonchev–Trinajstić information content (AvgIpc) is 2.71. The summed E-state index contributed by atoms with van der Waals surface area (Å²) in [4.78, 5) is 0. The molecule has 0 aromatic rings. The molecule has 3 fully saturated rings. The van der Waals surface area contributed by atoms with E-state index in [1.807, 2.05) is 0 Å². The molecule has 5 atom stereocenters. The lowest BCUT2D eigenvalue weighted by atomic mass is 9.76. The first-order chi connectivity index (χ1) is 8.09. The number of hydrogen-bond donors (Lipinski definition) is 1. The van der Waals surface area contributed by atoms with Gasteiger partial charge in [0, 0.05) is 5.92 Å². The van der Waals surface area contributed by atoms with Gasteiger partial charge < -0.3 is 9.84 Å². The van der Waals surface area contributed by atoms with Gasteiger partial charge in [-0.15, -0.1) is 0 Å². The fourth-order valence-electron chi connectivity index (χ4n) is 3.94. The quantitative estimate of drug-likeness (QED) is 0.688. The second-order valence-corrected chi connectivity index (χ2v) is 5.30. The Morgan fingerprint density at radius 1 is 1.00 bits per heavy atom. The Balaban J connectivity index is 2.13. The average molecular weight is 276 g/mol. The van der Waals surface area contributed by atoms with Crippen LogP contribution in [0.5, 0.6) is 0 Å². The molecule has 0 aromatic heterocycles. The molecule has 0 aromatic carbocycles. The van der Waals surface area contributed by atoms with Crippen LogP contribution in [-0.4, -0.2) is 35.3 Å². The predicted molar refractivity (Wildman–Crippen MR) is 45.4 cm³/mol. The normalized spacial score (nSPS) is 45.8. The van der Waals surface area contributed by atoms with Gasteiger partial charge in [0.05, 0.1) is 12.2 Å². The Bertz CT molecular complexity index is 360. The Kier molecular flexibility index (Phi) is 2.19. The maximum atomic E-state index is 13.0. The van der Waals surface area contributed by atoms with Crippen molar-refractivity contribution in [2.45, 2.75) is 43.0 Å². The molecule has 3 aliphatic rings. The molecule has 1 N–H and O–H groups in total. The SMILES string of the molecule is OC1C2CC3OC(C(F)(F)F)(C(F)(F)F)C1C3C2. The number of ether oxygens (including phenoxy) is 1. The summed E-state index contributed by atoms with van der Waals surface area (Å²) in [5.41, 5.74) is -4.19. The van der Waals surface area contributed by atoms with Gasteiger partial charge in [-0.1, -0.05) is 0 Å². The van der Waals surface area contributed by atoms with Gasteiger partial charge in [0.25, 0.3) is 5.60 Å². The monoisotopic (exact) mass is 276 g/mol. The molecule has 1 aliphatic heterocycles. The fraction of sp³-hybridized carbons (Fsp3) is 1.00. The van der Waals surface area contributed by atoms with Gasteiger partial charge in [-0.2, -0.15) is 26.3 Å². The molecule has 18 heavy (non-hydrogen) atoms. The summed E-state index contributed by atoms with van der Waals surface area (Å²) < 4.78 is 82.2. The summed E-state index contributed by atoms with van der Waals surface area (Å²) in [6.07, 6.45) is -13.5. The maximum absolute atomic E-state index is 13.0. The van der Waals surface area contributed by atoms with Crippen LogP contribution in [0.4, 0.5) is 26.3 Å². The zero-order valence-electron chi connectivity index (χ0n) is 8.92. The third-order valence-corrected chi connectivity index (χ3v) is 4.55. The van der Waals surface area contributed by atoms with Crippen LogP contribution in [0.25, 0.3) is 0 Å². The van der Waals surface area contributed by atoms with E-state index in [4.69, 9.17) is 0 Å². The molecule has 1 heterocycles. The fourth-order valence-corrected chi connectivity index (χ4v) is 3.94. The van der Waals surface area contributed by atoms with E-state index in [-0.39, 0.29) is 12.8 Å². The lowest BCUT2D eigenvalue weighted by molar-refractivity contribution is -0.387. The highest BCUT2D eigenvalue weighted by molar-refractivity contribution is 5.19. The second-order valence-electron chi connectivity index (χ2n) is 5.30. The molecule has 2 bridgehead atoms. The molecule has 3 rings (SSSR count). The molecule has 8 heteroatoms. The topological polar surface area (TPSA) is 29.5 Å². The van der Waals surface area contributed by atoms with Crippen LogP contribution in [0.15, 0.2) is 0 Å². The minimum Gasteiger partial charge on any atom is -0.392 e. The van der Waals surface area contributed by atoms with E-state index in [1.165, 1.54) is 0 Å². The first-order valence-corrected chi connectivity index (χ1v) is 5.59. The predicted octanol–water partition coefficient (Wildman–Crippen LogP) is 2.27. The summed E-state index contributed by atoms with van der Waals surface area (Å²) >= 11 is 0. The van der Waals surface area contributed by atoms with Crippen LogP contribution < -0.4 is 0 Å². The molecule has 0 radical (unpaired) electrons. The van der Waals surface area contributed by atoms with Crippen molar-refractivity contribution in [2.75, 3.05) is 0 Å². The van der Waals surface area contributed by atoms with Crippen molar-refractivity contribution < 1.29 is 36.2 Å². The van der Waals surface area contributed by atoms with E-state index in [1.54, 1.807) is 0 Å². The first-order valence-electron chi connectivity index (χ1n) is 5.59. The van der Waals surface area contributed by atoms with Crippen LogP contribution in [0, 0.1) is 17.8 Å². The number of aliphatic hydroxyl groups excluding tert-OH is 1. The van der Waals surface area contributed by atoms with Gasteiger partial charge in [-0.05, 0) is 24.7 Å². The molecule has 1 saturated heterocycles. The zero-order chi connectivity index (χ0) is 13.5. The highest BCUT2D eigenvalue weighted by Gasteiger charge is 2.84. The molecule has 2 saturated carbocycles. The zero-order valence-corrected chi connectivity index (χ0v) is 8.92. The van der Waals surface area contributed by atoms with Crippen LogP contribution in [-0.2, 0) is 4.74 Å². The third-order valence-electron chi connectivity index (χ3n) is 4.55.